The monoisotopic (exact) mass is 268 g/mol. The maximum atomic E-state index is 9.30. The Labute approximate surface area is 117 Å². The van der Waals surface area contributed by atoms with Crippen molar-refractivity contribution in [2.24, 2.45) is 0 Å². The topological polar surface area (TPSA) is 47.3 Å². The van der Waals surface area contributed by atoms with Crippen molar-refractivity contribution in [2.45, 2.75) is 6.54 Å². The number of aliphatic hydroxyl groups excluding tert-OH is 1. The molecule has 102 valence electrons. The van der Waals surface area contributed by atoms with Gasteiger partial charge in [-0.2, -0.15) is 0 Å². The summed E-state index contributed by atoms with van der Waals surface area (Å²) >= 11 is 0. The predicted octanol–water partition coefficient (Wildman–Crippen LogP) is 2.70. The smallest absolute Gasteiger partial charge is 0.141 e. The van der Waals surface area contributed by atoms with E-state index in [0.29, 0.717) is 6.54 Å². The third kappa shape index (κ3) is 2.14. The van der Waals surface area contributed by atoms with Crippen LogP contribution in [0.5, 0.6) is 5.75 Å². The standard InChI is InChI=1S/C16H16N2O2/c1-20-13-6-4-5-12(11-13)16-17-14-7-2-3-8-15(14)18(16)9-10-19/h2-8,11,19H,9-10H2,1H3. The van der Waals surface area contributed by atoms with Crippen LogP contribution in [0.1, 0.15) is 0 Å². The second-order valence-corrected chi connectivity index (χ2v) is 4.53. The lowest BCUT2D eigenvalue weighted by atomic mass is 10.2. The van der Waals surface area contributed by atoms with Crippen molar-refractivity contribution in [1.82, 2.24) is 9.55 Å². The van der Waals surface area contributed by atoms with Gasteiger partial charge in [-0.25, -0.2) is 4.98 Å². The van der Waals surface area contributed by atoms with Crippen LogP contribution in [0.15, 0.2) is 48.5 Å². The van der Waals surface area contributed by atoms with Crippen LogP contribution in [-0.4, -0.2) is 28.4 Å². The highest BCUT2D eigenvalue weighted by molar-refractivity contribution is 5.80. The maximum absolute atomic E-state index is 9.30. The van der Waals surface area contributed by atoms with Crippen molar-refractivity contribution in [1.29, 1.82) is 0 Å². The molecule has 0 fully saturated rings. The summed E-state index contributed by atoms with van der Waals surface area (Å²) in [7, 11) is 1.65. The summed E-state index contributed by atoms with van der Waals surface area (Å²) < 4.78 is 7.30. The SMILES string of the molecule is COc1cccc(-c2nc3ccccc3n2CCO)c1. The minimum atomic E-state index is 0.0807. The normalized spacial score (nSPS) is 10.9. The summed E-state index contributed by atoms with van der Waals surface area (Å²) in [6, 6.07) is 15.7. The van der Waals surface area contributed by atoms with E-state index >= 15 is 0 Å². The van der Waals surface area contributed by atoms with E-state index in [0.717, 1.165) is 28.2 Å². The molecule has 3 rings (SSSR count). The molecule has 1 heterocycles. The molecule has 1 N–H and O–H groups in total. The molecule has 0 saturated carbocycles. The van der Waals surface area contributed by atoms with Gasteiger partial charge >= 0.3 is 0 Å². The van der Waals surface area contributed by atoms with Gasteiger partial charge in [-0.1, -0.05) is 24.3 Å². The van der Waals surface area contributed by atoms with Crippen molar-refractivity contribution in [3.63, 3.8) is 0 Å². The third-order valence-corrected chi connectivity index (χ3v) is 3.31. The average molecular weight is 268 g/mol. The summed E-state index contributed by atoms with van der Waals surface area (Å²) in [4.78, 5) is 4.67. The van der Waals surface area contributed by atoms with Crippen molar-refractivity contribution in [3.05, 3.63) is 48.5 Å². The molecule has 4 nitrogen and oxygen atoms in total. The molecule has 0 radical (unpaired) electrons. The largest absolute Gasteiger partial charge is 0.497 e. The highest BCUT2D eigenvalue weighted by Gasteiger charge is 2.12. The van der Waals surface area contributed by atoms with Crippen LogP contribution in [0.2, 0.25) is 0 Å². The Bertz CT molecular complexity index is 734. The number of ether oxygens (including phenoxy) is 1. The van der Waals surface area contributed by atoms with E-state index in [4.69, 9.17) is 4.74 Å². The molecule has 4 heteroatoms. The van der Waals surface area contributed by atoms with E-state index in [-0.39, 0.29) is 6.61 Å². The molecule has 0 atom stereocenters. The highest BCUT2D eigenvalue weighted by atomic mass is 16.5. The number of imidazole rings is 1. The number of nitrogens with zero attached hydrogens (tertiary/aromatic N) is 2. The van der Waals surface area contributed by atoms with Crippen LogP contribution in [0.25, 0.3) is 22.4 Å². The van der Waals surface area contributed by atoms with Gasteiger partial charge < -0.3 is 14.4 Å². The molecule has 0 aliphatic carbocycles. The first kappa shape index (κ1) is 12.7. The maximum Gasteiger partial charge on any atom is 0.141 e. The van der Waals surface area contributed by atoms with Gasteiger partial charge in [0, 0.05) is 12.1 Å². The third-order valence-electron chi connectivity index (χ3n) is 3.31. The molecule has 0 aliphatic rings. The lowest BCUT2D eigenvalue weighted by Gasteiger charge is -2.08. The fraction of sp³-hybridized carbons (Fsp3) is 0.188. The molecule has 20 heavy (non-hydrogen) atoms. The van der Waals surface area contributed by atoms with Gasteiger partial charge in [-0.3, -0.25) is 0 Å². The van der Waals surface area contributed by atoms with Crippen LogP contribution in [0.4, 0.5) is 0 Å². The average Bonchev–Trinajstić information content (AvgIpc) is 2.87. The van der Waals surface area contributed by atoms with Gasteiger partial charge in [-0.15, -0.1) is 0 Å². The van der Waals surface area contributed by atoms with E-state index in [2.05, 4.69) is 4.98 Å². The molecule has 0 bridgehead atoms. The molecule has 3 aromatic rings. The van der Waals surface area contributed by atoms with Crippen LogP contribution in [0.3, 0.4) is 0 Å². The summed E-state index contributed by atoms with van der Waals surface area (Å²) in [5.41, 5.74) is 2.94. The molecule has 0 unspecified atom stereocenters. The Kier molecular flexibility index (Phi) is 3.39. The Hall–Kier alpha value is -2.33. The van der Waals surface area contributed by atoms with Gasteiger partial charge in [0.15, 0.2) is 0 Å². The van der Waals surface area contributed by atoms with Gasteiger partial charge in [0.1, 0.15) is 11.6 Å². The quantitative estimate of drug-likeness (QED) is 0.791. The lowest BCUT2D eigenvalue weighted by Crippen LogP contribution is -2.04. The van der Waals surface area contributed by atoms with Crippen molar-refractivity contribution in [3.8, 4) is 17.1 Å². The fourth-order valence-electron chi connectivity index (χ4n) is 2.38. The van der Waals surface area contributed by atoms with Crippen LogP contribution in [-0.2, 0) is 6.54 Å². The second-order valence-electron chi connectivity index (χ2n) is 4.53. The number of aliphatic hydroxyl groups is 1. The Balaban J connectivity index is 2.21. The zero-order valence-electron chi connectivity index (χ0n) is 11.3. The molecular weight excluding hydrogens is 252 g/mol. The zero-order valence-corrected chi connectivity index (χ0v) is 11.3. The van der Waals surface area contributed by atoms with E-state index in [9.17, 15) is 5.11 Å². The minimum absolute atomic E-state index is 0.0807. The van der Waals surface area contributed by atoms with E-state index in [1.165, 1.54) is 0 Å². The van der Waals surface area contributed by atoms with E-state index < -0.39 is 0 Å². The number of fused-ring (bicyclic) bond motifs is 1. The number of methoxy groups -OCH3 is 1. The van der Waals surface area contributed by atoms with Gasteiger partial charge in [0.25, 0.3) is 0 Å². The zero-order chi connectivity index (χ0) is 13.9. The molecule has 0 saturated heterocycles. The van der Waals surface area contributed by atoms with E-state index in [1.807, 2.05) is 53.1 Å². The molecule has 0 amide bonds. The number of para-hydroxylation sites is 2. The molecule has 0 spiro atoms. The van der Waals surface area contributed by atoms with Gasteiger partial charge in [-0.05, 0) is 24.3 Å². The van der Waals surface area contributed by atoms with Crippen LogP contribution >= 0.6 is 0 Å². The number of rotatable bonds is 4. The van der Waals surface area contributed by atoms with Crippen molar-refractivity contribution >= 4 is 11.0 Å². The summed E-state index contributed by atoms with van der Waals surface area (Å²) in [6.07, 6.45) is 0. The van der Waals surface area contributed by atoms with Gasteiger partial charge in [0.2, 0.25) is 0 Å². The molecule has 2 aromatic carbocycles. The van der Waals surface area contributed by atoms with E-state index in [1.54, 1.807) is 7.11 Å². The molecule has 1 aromatic heterocycles. The highest BCUT2D eigenvalue weighted by Crippen LogP contribution is 2.27. The van der Waals surface area contributed by atoms with Crippen molar-refractivity contribution in [2.75, 3.05) is 13.7 Å². The number of hydrogen-bond donors (Lipinski definition) is 1. The Morgan fingerprint density at radius 1 is 1.15 bits per heavy atom. The number of benzene rings is 2. The first-order chi connectivity index (χ1) is 9.83. The Morgan fingerprint density at radius 2 is 2.00 bits per heavy atom. The van der Waals surface area contributed by atoms with Crippen LogP contribution < -0.4 is 4.74 Å². The second kappa shape index (κ2) is 5.35. The van der Waals surface area contributed by atoms with Crippen molar-refractivity contribution < 1.29 is 9.84 Å². The summed E-state index contributed by atoms with van der Waals surface area (Å²) in [6.45, 7) is 0.602. The Morgan fingerprint density at radius 3 is 2.80 bits per heavy atom. The first-order valence-corrected chi connectivity index (χ1v) is 6.54. The fourth-order valence-corrected chi connectivity index (χ4v) is 2.38. The lowest BCUT2D eigenvalue weighted by molar-refractivity contribution is 0.278. The summed E-state index contributed by atoms with van der Waals surface area (Å²) in [5, 5.41) is 9.30. The molecule has 0 aliphatic heterocycles. The number of aromatic nitrogens is 2. The predicted molar refractivity (Wildman–Crippen MR) is 78.8 cm³/mol. The molecular formula is C16H16N2O2. The minimum Gasteiger partial charge on any atom is -0.497 e. The van der Waals surface area contributed by atoms with Gasteiger partial charge in [0.05, 0.1) is 24.8 Å². The first-order valence-electron chi connectivity index (χ1n) is 6.54. The van der Waals surface area contributed by atoms with Crippen LogP contribution in [0, 0.1) is 0 Å². The summed E-state index contributed by atoms with van der Waals surface area (Å²) in [5.74, 6) is 1.64. The number of hydrogen-bond acceptors (Lipinski definition) is 3.